The van der Waals surface area contributed by atoms with Crippen LogP contribution in [0.1, 0.15) is 13.8 Å². The quantitative estimate of drug-likeness (QED) is 0.595. The zero-order valence-electron chi connectivity index (χ0n) is 7.27. The average molecular weight is 315 g/mol. The van der Waals surface area contributed by atoms with Crippen molar-refractivity contribution < 1.29 is 9.13 Å². The summed E-state index contributed by atoms with van der Waals surface area (Å²) in [7, 11) is 0. The Balaban J connectivity index is 3.04. The summed E-state index contributed by atoms with van der Waals surface area (Å²) < 4.78 is 19.0. The maximum Gasteiger partial charge on any atom is 0.158 e. The third-order valence-electron chi connectivity index (χ3n) is 1.36. The van der Waals surface area contributed by atoms with Crippen LogP contribution < -0.4 is 4.74 Å². The van der Waals surface area contributed by atoms with Gasteiger partial charge in [-0.1, -0.05) is 11.6 Å². The highest BCUT2D eigenvalue weighted by Crippen LogP contribution is 2.29. The molecule has 1 rings (SSSR count). The minimum atomic E-state index is -0.416. The summed E-state index contributed by atoms with van der Waals surface area (Å²) in [6.07, 6.45) is 0.0362. The summed E-state index contributed by atoms with van der Waals surface area (Å²) in [5.41, 5.74) is 0. The van der Waals surface area contributed by atoms with Gasteiger partial charge in [-0.05, 0) is 48.6 Å². The van der Waals surface area contributed by atoms with Gasteiger partial charge in [-0.2, -0.15) is 0 Å². The van der Waals surface area contributed by atoms with Crippen molar-refractivity contribution in [3.05, 3.63) is 26.5 Å². The fourth-order valence-corrected chi connectivity index (χ4v) is 1.77. The fourth-order valence-electron chi connectivity index (χ4n) is 0.853. The van der Waals surface area contributed by atoms with E-state index in [1.165, 1.54) is 6.07 Å². The van der Waals surface area contributed by atoms with E-state index in [9.17, 15) is 4.39 Å². The van der Waals surface area contributed by atoms with Crippen LogP contribution in [0, 0.1) is 9.39 Å². The Morgan fingerprint density at radius 3 is 2.62 bits per heavy atom. The van der Waals surface area contributed by atoms with Gasteiger partial charge >= 0.3 is 0 Å². The van der Waals surface area contributed by atoms with Crippen LogP contribution >= 0.6 is 34.2 Å². The lowest BCUT2D eigenvalue weighted by Crippen LogP contribution is -2.07. The summed E-state index contributed by atoms with van der Waals surface area (Å²) in [6, 6.07) is 3.17. The summed E-state index contributed by atoms with van der Waals surface area (Å²) in [4.78, 5) is 0. The number of hydrogen-bond donors (Lipinski definition) is 0. The molecule has 0 N–H and O–H groups in total. The Labute approximate surface area is 95.4 Å². The molecule has 13 heavy (non-hydrogen) atoms. The lowest BCUT2D eigenvalue weighted by Gasteiger charge is -2.11. The van der Waals surface area contributed by atoms with Gasteiger partial charge < -0.3 is 4.74 Å². The van der Waals surface area contributed by atoms with Crippen LogP contribution in [-0.4, -0.2) is 6.10 Å². The van der Waals surface area contributed by atoms with Crippen molar-refractivity contribution in [1.29, 1.82) is 0 Å². The molecule has 0 bridgehead atoms. The Bertz CT molecular complexity index is 315. The van der Waals surface area contributed by atoms with Gasteiger partial charge in [-0.25, -0.2) is 4.39 Å². The van der Waals surface area contributed by atoms with Crippen molar-refractivity contribution in [2.75, 3.05) is 0 Å². The average Bonchev–Trinajstić information content (AvgIpc) is 2.06. The molecule has 1 aromatic carbocycles. The van der Waals surface area contributed by atoms with E-state index < -0.39 is 5.82 Å². The zero-order valence-corrected chi connectivity index (χ0v) is 10.2. The van der Waals surface area contributed by atoms with Crippen LogP contribution in [0.15, 0.2) is 12.1 Å². The first-order valence-electron chi connectivity index (χ1n) is 3.82. The molecule has 72 valence electrons. The smallest absolute Gasteiger partial charge is 0.158 e. The van der Waals surface area contributed by atoms with E-state index in [0.717, 1.165) is 0 Å². The largest absolute Gasteiger partial charge is 0.490 e. The molecule has 0 heterocycles. The molecular formula is C9H9ClFIO. The van der Waals surface area contributed by atoms with E-state index in [1.807, 2.05) is 36.4 Å². The molecule has 0 aliphatic heterocycles. The highest BCUT2D eigenvalue weighted by atomic mass is 127. The van der Waals surface area contributed by atoms with Gasteiger partial charge in [0.25, 0.3) is 0 Å². The monoisotopic (exact) mass is 314 g/mol. The van der Waals surface area contributed by atoms with Gasteiger partial charge in [0.15, 0.2) is 5.82 Å². The van der Waals surface area contributed by atoms with E-state index in [1.54, 1.807) is 6.07 Å². The second-order valence-corrected chi connectivity index (χ2v) is 4.33. The molecule has 1 aromatic rings. The molecule has 0 amide bonds. The van der Waals surface area contributed by atoms with E-state index in [4.69, 9.17) is 16.3 Å². The topological polar surface area (TPSA) is 9.23 Å². The minimum absolute atomic E-state index is 0.0362. The van der Waals surface area contributed by atoms with Gasteiger partial charge in [-0.3, -0.25) is 0 Å². The Kier molecular flexibility index (Phi) is 3.79. The molecule has 0 saturated carbocycles. The maximum atomic E-state index is 13.2. The second-order valence-electron chi connectivity index (χ2n) is 2.84. The van der Waals surface area contributed by atoms with Crippen LogP contribution in [0.5, 0.6) is 5.75 Å². The molecule has 0 spiro atoms. The molecule has 0 aliphatic rings. The molecule has 4 heteroatoms. The fraction of sp³-hybridized carbons (Fsp3) is 0.333. The number of rotatable bonds is 2. The molecule has 0 aliphatic carbocycles. The normalized spacial score (nSPS) is 10.6. The van der Waals surface area contributed by atoms with Crippen LogP contribution in [-0.2, 0) is 0 Å². The summed E-state index contributed by atoms with van der Waals surface area (Å²) >= 11 is 7.47. The molecule has 0 fully saturated rings. The highest BCUT2D eigenvalue weighted by molar-refractivity contribution is 14.1. The molecule has 1 nitrogen and oxygen atoms in total. The molecule has 0 atom stereocenters. The second kappa shape index (κ2) is 4.46. The molecule has 0 unspecified atom stereocenters. The summed E-state index contributed by atoms with van der Waals surface area (Å²) in [5, 5.41) is 0.125. The highest BCUT2D eigenvalue weighted by Gasteiger charge is 2.11. The number of hydrogen-bond acceptors (Lipinski definition) is 1. The van der Waals surface area contributed by atoms with Gasteiger partial charge in [0.2, 0.25) is 0 Å². The Hall–Kier alpha value is -0.0300. The molecule has 0 aromatic heterocycles. The third kappa shape index (κ3) is 2.71. The third-order valence-corrected chi connectivity index (χ3v) is 2.66. The number of halogens is 3. The van der Waals surface area contributed by atoms with Gasteiger partial charge in [0.1, 0.15) is 5.75 Å². The van der Waals surface area contributed by atoms with Crippen LogP contribution in [0.25, 0.3) is 0 Å². The molecule has 0 saturated heterocycles. The lowest BCUT2D eigenvalue weighted by molar-refractivity contribution is 0.239. The van der Waals surface area contributed by atoms with Crippen molar-refractivity contribution in [1.82, 2.24) is 0 Å². The van der Waals surface area contributed by atoms with Crippen molar-refractivity contribution in [2.24, 2.45) is 0 Å². The maximum absolute atomic E-state index is 13.2. The standard InChI is InChI=1S/C9H9ClFIO/c1-5(2)13-7-4-3-6(10)8(11)9(7)12/h3-5H,1-2H3. The molecular weight excluding hydrogens is 305 g/mol. The molecule has 0 radical (unpaired) electrons. The van der Waals surface area contributed by atoms with E-state index >= 15 is 0 Å². The Morgan fingerprint density at radius 2 is 2.08 bits per heavy atom. The van der Waals surface area contributed by atoms with E-state index in [0.29, 0.717) is 9.32 Å². The lowest BCUT2D eigenvalue weighted by atomic mass is 10.3. The van der Waals surface area contributed by atoms with Crippen molar-refractivity contribution >= 4 is 34.2 Å². The first-order valence-corrected chi connectivity index (χ1v) is 5.28. The van der Waals surface area contributed by atoms with Crippen molar-refractivity contribution in [3.8, 4) is 5.75 Å². The number of ether oxygens (including phenoxy) is 1. The van der Waals surface area contributed by atoms with E-state index in [2.05, 4.69) is 0 Å². The predicted molar refractivity (Wildman–Crippen MR) is 59.9 cm³/mol. The van der Waals surface area contributed by atoms with Gasteiger partial charge in [-0.15, -0.1) is 0 Å². The number of benzene rings is 1. The van der Waals surface area contributed by atoms with Crippen LogP contribution in [0.3, 0.4) is 0 Å². The SMILES string of the molecule is CC(C)Oc1ccc(Cl)c(F)c1I. The first-order chi connectivity index (χ1) is 6.02. The first kappa shape index (κ1) is 11.0. The summed E-state index contributed by atoms with van der Waals surface area (Å²) in [6.45, 7) is 3.78. The predicted octanol–water partition coefficient (Wildman–Crippen LogP) is 3.87. The minimum Gasteiger partial charge on any atom is -0.490 e. The van der Waals surface area contributed by atoms with Gasteiger partial charge in [0.05, 0.1) is 14.7 Å². The van der Waals surface area contributed by atoms with Crippen LogP contribution in [0.4, 0.5) is 4.39 Å². The van der Waals surface area contributed by atoms with Crippen molar-refractivity contribution in [3.63, 3.8) is 0 Å². The summed E-state index contributed by atoms with van der Waals surface area (Å²) in [5.74, 6) is 0.123. The Morgan fingerprint density at radius 1 is 1.46 bits per heavy atom. The van der Waals surface area contributed by atoms with Crippen LogP contribution in [0.2, 0.25) is 5.02 Å². The zero-order chi connectivity index (χ0) is 10.0. The van der Waals surface area contributed by atoms with E-state index in [-0.39, 0.29) is 11.1 Å². The van der Waals surface area contributed by atoms with Gasteiger partial charge in [0, 0.05) is 0 Å². The van der Waals surface area contributed by atoms with Crippen molar-refractivity contribution in [2.45, 2.75) is 20.0 Å².